The lowest BCUT2D eigenvalue weighted by Gasteiger charge is -2.32. The summed E-state index contributed by atoms with van der Waals surface area (Å²) >= 11 is 0. The van der Waals surface area contributed by atoms with Gasteiger partial charge in [0.25, 0.3) is 0 Å². The lowest BCUT2D eigenvalue weighted by Crippen LogP contribution is -2.45. The second kappa shape index (κ2) is 20.8. The first-order valence-corrected chi connectivity index (χ1v) is 20.1. The minimum absolute atomic E-state index is 0.116. The third kappa shape index (κ3) is 12.6. The van der Waals surface area contributed by atoms with Crippen molar-refractivity contribution in [2.45, 2.75) is 64.0 Å². The first kappa shape index (κ1) is 45.7. The molecule has 0 spiro atoms. The lowest BCUT2D eigenvalue weighted by molar-refractivity contribution is -0.173. The molecule has 7 rings (SSSR count). The minimum atomic E-state index is -5.04. The summed E-state index contributed by atoms with van der Waals surface area (Å²) in [6.45, 7) is 2.50. The summed E-state index contributed by atoms with van der Waals surface area (Å²) in [6, 6.07) is 23.1. The summed E-state index contributed by atoms with van der Waals surface area (Å²) in [5, 5.41) is 8.06. The van der Waals surface area contributed by atoms with Crippen LogP contribution in [-0.4, -0.2) is 92.6 Å². The Morgan fingerprint density at radius 3 is 1.51 bits per heavy atom. The molecule has 0 aliphatic carbocycles. The second-order valence-corrected chi connectivity index (χ2v) is 14.6. The molecule has 2 fully saturated rings. The molecule has 2 aliphatic rings. The number of carbonyl (C=O) groups is 4. The van der Waals surface area contributed by atoms with Gasteiger partial charge >= 0.3 is 36.2 Å². The van der Waals surface area contributed by atoms with Gasteiger partial charge in [-0.25, -0.2) is 19.6 Å². The van der Waals surface area contributed by atoms with Crippen molar-refractivity contribution in [3.05, 3.63) is 120 Å². The van der Waals surface area contributed by atoms with Gasteiger partial charge in [-0.1, -0.05) is 48.5 Å². The number of halogens is 6. The third-order valence-corrected chi connectivity index (χ3v) is 10.1. The van der Waals surface area contributed by atoms with Crippen molar-refractivity contribution in [3.8, 4) is 11.5 Å². The number of aromatic nitrogens is 4. The van der Waals surface area contributed by atoms with Crippen molar-refractivity contribution in [2.24, 2.45) is 0 Å². The Morgan fingerprint density at radius 1 is 0.619 bits per heavy atom. The van der Waals surface area contributed by atoms with Gasteiger partial charge in [-0.15, -0.1) is 10.2 Å². The van der Waals surface area contributed by atoms with Crippen molar-refractivity contribution in [3.63, 3.8) is 0 Å². The zero-order chi connectivity index (χ0) is 45.0. The zero-order valence-electron chi connectivity index (χ0n) is 33.8. The number of amides is 5. The fraction of sp³-hybridized carbons (Fsp3) is 0.349. The van der Waals surface area contributed by atoms with Crippen molar-refractivity contribution >= 4 is 35.4 Å². The first-order valence-electron chi connectivity index (χ1n) is 20.1. The number of urea groups is 2. The van der Waals surface area contributed by atoms with Crippen LogP contribution in [0.5, 0.6) is 0 Å². The number of benzene rings is 2. The molecule has 2 aromatic carbocycles. The minimum Gasteiger partial charge on any atom is -0.413 e. The molecule has 332 valence electrons. The van der Waals surface area contributed by atoms with Gasteiger partial charge in [-0.05, 0) is 86.1 Å². The monoisotopic (exact) mass is 879 g/mol. The smallest absolute Gasteiger partial charge is 0.413 e. The normalized spacial score (nSPS) is 14.3. The number of likely N-dealkylation sites (tertiary alicyclic amines) is 2. The number of Topliss-reactive ketones (excluding diaryl/α,β-unsaturated/α-hetero) is 1. The average molecular weight is 880 g/mol. The van der Waals surface area contributed by atoms with E-state index >= 15 is 0 Å². The molecule has 2 saturated heterocycles. The van der Waals surface area contributed by atoms with Gasteiger partial charge < -0.3 is 19.5 Å². The summed E-state index contributed by atoms with van der Waals surface area (Å²) in [7, 11) is 0. The lowest BCUT2D eigenvalue weighted by atomic mass is 10.1. The summed E-state index contributed by atoms with van der Waals surface area (Å²) in [4.78, 5) is 64.6. The molecule has 5 heterocycles. The van der Waals surface area contributed by atoms with E-state index in [1.165, 1.54) is 12.1 Å². The highest BCUT2D eigenvalue weighted by Crippen LogP contribution is 2.31. The predicted molar refractivity (Wildman–Crippen MR) is 217 cm³/mol. The zero-order valence-corrected chi connectivity index (χ0v) is 33.8. The molecule has 63 heavy (non-hydrogen) atoms. The number of ketones is 1. The van der Waals surface area contributed by atoms with Crippen LogP contribution in [0.2, 0.25) is 0 Å². The van der Waals surface area contributed by atoms with Crippen molar-refractivity contribution < 1.29 is 49.9 Å². The molecule has 3 aromatic heterocycles. The van der Waals surface area contributed by atoms with Gasteiger partial charge in [0, 0.05) is 49.7 Å². The van der Waals surface area contributed by atoms with Crippen LogP contribution in [0.3, 0.4) is 0 Å². The number of piperidine rings is 2. The first-order chi connectivity index (χ1) is 30.2. The number of nitrogens with one attached hydrogen (secondary N) is 1. The Bertz CT molecular complexity index is 2280. The summed E-state index contributed by atoms with van der Waals surface area (Å²) in [5.41, 5.74) is 2.02. The van der Waals surface area contributed by atoms with E-state index in [0.717, 1.165) is 49.7 Å². The molecule has 14 nitrogen and oxygen atoms in total. The Balaban J connectivity index is 0.000000210. The third-order valence-electron chi connectivity index (χ3n) is 10.1. The van der Waals surface area contributed by atoms with Gasteiger partial charge in [0.1, 0.15) is 11.6 Å². The number of pyridine rings is 2. The van der Waals surface area contributed by atoms with Gasteiger partial charge in [-0.3, -0.25) is 19.4 Å². The van der Waals surface area contributed by atoms with E-state index in [1.807, 2.05) is 11.0 Å². The number of hydrogen-bond donors (Lipinski definition) is 1. The van der Waals surface area contributed by atoms with Crippen LogP contribution in [0.1, 0.15) is 65.9 Å². The van der Waals surface area contributed by atoms with Crippen LogP contribution in [0.15, 0.2) is 102 Å². The molecule has 5 amide bonds. The molecule has 20 heteroatoms. The summed E-state index contributed by atoms with van der Waals surface area (Å²) in [5.74, 6) is -3.39. The standard InChI is InChI=1S/C22H23F3N4O3.C21H20F3N5O2/c23-22(24,25)20(31)27-14-18(30)17-9-7-16(8-10-17)15-29(19-6-2-3-11-26-19)21(32)28-12-4-1-5-13-28;22-21(23,24)19-27-26-18(31-19)16-9-7-15(8-10-16)14-29(17-6-2-3-11-25-17)20(30)28-12-4-1-5-13-28/h2-3,6-11H,1,4-5,12-15H2,(H,27,31);2-3,6-11H,1,4-5,12-14H2. The Hall–Kier alpha value is -6.86. The maximum absolute atomic E-state index is 13.2. The molecule has 0 saturated carbocycles. The number of rotatable bonds is 10. The second-order valence-electron chi connectivity index (χ2n) is 14.6. The molecule has 0 unspecified atom stereocenters. The molecular weight excluding hydrogens is 837 g/mol. The fourth-order valence-corrected chi connectivity index (χ4v) is 6.76. The highest BCUT2D eigenvalue weighted by molar-refractivity contribution is 6.00. The highest BCUT2D eigenvalue weighted by atomic mass is 19.4. The molecule has 2 aliphatic heterocycles. The Kier molecular flexibility index (Phi) is 15.1. The number of carbonyl (C=O) groups excluding carboxylic acids is 4. The maximum atomic E-state index is 13.2. The maximum Gasteiger partial charge on any atom is 0.471 e. The van der Waals surface area contributed by atoms with Crippen LogP contribution < -0.4 is 15.1 Å². The number of alkyl halides is 6. The van der Waals surface area contributed by atoms with Gasteiger partial charge in [0.05, 0.1) is 19.6 Å². The van der Waals surface area contributed by atoms with Gasteiger partial charge in [0.2, 0.25) is 5.89 Å². The van der Waals surface area contributed by atoms with Gasteiger partial charge in [-0.2, -0.15) is 26.3 Å². The Morgan fingerprint density at radius 2 is 1.10 bits per heavy atom. The summed E-state index contributed by atoms with van der Waals surface area (Å²) in [6.07, 6.45) is -0.463. The quantitative estimate of drug-likeness (QED) is 0.108. The summed E-state index contributed by atoms with van der Waals surface area (Å²) < 4.78 is 79.5. The SMILES string of the molecule is O=C(CNC(=O)C(F)(F)F)c1ccc(CN(C(=O)N2CCCCC2)c2ccccn2)cc1.O=C(N1CCCCC1)N(Cc1ccc(-c2nnc(C(F)(F)F)o2)cc1)c1ccccn1. The van der Waals surface area contributed by atoms with E-state index in [-0.39, 0.29) is 36.6 Å². The van der Waals surface area contributed by atoms with Gasteiger partial charge in [0.15, 0.2) is 5.78 Å². The molecular formula is C43H43F6N9O5. The number of anilines is 2. The molecule has 5 aromatic rings. The van der Waals surface area contributed by atoms with E-state index in [4.69, 9.17) is 4.42 Å². The topological polar surface area (TPSA) is 158 Å². The van der Waals surface area contributed by atoms with Crippen LogP contribution in [0.25, 0.3) is 11.5 Å². The average Bonchev–Trinajstić information content (AvgIpc) is 3.82. The van der Waals surface area contributed by atoms with Crippen LogP contribution >= 0.6 is 0 Å². The van der Waals surface area contributed by atoms with E-state index in [2.05, 4.69) is 20.2 Å². The highest BCUT2D eigenvalue weighted by Gasteiger charge is 2.39. The fourth-order valence-electron chi connectivity index (χ4n) is 6.76. The van der Waals surface area contributed by atoms with Crippen molar-refractivity contribution in [1.82, 2.24) is 35.3 Å². The van der Waals surface area contributed by atoms with E-state index in [0.29, 0.717) is 43.4 Å². The predicted octanol–water partition coefficient (Wildman–Crippen LogP) is 8.32. The van der Waals surface area contributed by atoms with E-state index < -0.39 is 36.5 Å². The molecule has 0 radical (unpaired) electrons. The number of nitrogens with zero attached hydrogens (tertiary/aromatic N) is 8. The molecule has 0 atom stereocenters. The van der Waals surface area contributed by atoms with Crippen molar-refractivity contribution in [1.29, 1.82) is 0 Å². The molecule has 0 bridgehead atoms. The number of hydrogen-bond acceptors (Lipinski definition) is 9. The van der Waals surface area contributed by atoms with E-state index in [1.54, 1.807) is 99.1 Å². The van der Waals surface area contributed by atoms with Crippen LogP contribution in [0, 0.1) is 0 Å². The largest absolute Gasteiger partial charge is 0.471 e. The van der Waals surface area contributed by atoms with Crippen LogP contribution in [0.4, 0.5) is 47.6 Å². The van der Waals surface area contributed by atoms with E-state index in [9.17, 15) is 45.5 Å². The van der Waals surface area contributed by atoms with Crippen molar-refractivity contribution in [2.75, 3.05) is 42.5 Å². The molecule has 1 N–H and O–H groups in total. The Labute approximate surface area is 357 Å². The van der Waals surface area contributed by atoms with Crippen LogP contribution in [-0.2, 0) is 24.1 Å².